The number of nitrogens with zero attached hydrogens (tertiary/aromatic N) is 1. The van der Waals surface area contributed by atoms with Crippen LogP contribution in [0.4, 0.5) is 0 Å². The molecule has 0 heterocycles. The average Bonchev–Trinajstić information content (AvgIpc) is 2.58. The Labute approximate surface area is 142 Å². The summed E-state index contributed by atoms with van der Waals surface area (Å²) >= 11 is 0. The Hall–Kier alpha value is -2.37. The van der Waals surface area contributed by atoms with Gasteiger partial charge < -0.3 is 10.1 Å². The standard InChI is InChI=1S/C16H20N2O5S/c1-4-11-17-15(19)12-23-16(20)13-7-9-14(10-8-13)24(21,22)18(5-2)6-3/h1,7-10H,5-6,11-12H2,2-3H3,(H,17,19). The van der Waals surface area contributed by atoms with Gasteiger partial charge in [-0.2, -0.15) is 4.31 Å². The summed E-state index contributed by atoms with van der Waals surface area (Å²) in [4.78, 5) is 23.2. The molecule has 0 unspecified atom stereocenters. The number of carbonyl (C=O) groups is 2. The summed E-state index contributed by atoms with van der Waals surface area (Å²) in [5, 5.41) is 2.36. The molecular weight excluding hydrogens is 332 g/mol. The van der Waals surface area contributed by atoms with Crippen LogP contribution < -0.4 is 5.32 Å². The number of carbonyl (C=O) groups excluding carboxylic acids is 2. The van der Waals surface area contributed by atoms with Gasteiger partial charge in [0, 0.05) is 13.1 Å². The maximum absolute atomic E-state index is 12.3. The van der Waals surface area contributed by atoms with Crippen LogP contribution in [0.2, 0.25) is 0 Å². The van der Waals surface area contributed by atoms with E-state index in [4.69, 9.17) is 11.2 Å². The molecule has 8 heteroatoms. The zero-order valence-corrected chi connectivity index (χ0v) is 14.4. The van der Waals surface area contributed by atoms with Crippen LogP contribution in [0.3, 0.4) is 0 Å². The topological polar surface area (TPSA) is 92.8 Å². The van der Waals surface area contributed by atoms with E-state index in [1.165, 1.54) is 28.6 Å². The van der Waals surface area contributed by atoms with Crippen molar-refractivity contribution in [3.63, 3.8) is 0 Å². The van der Waals surface area contributed by atoms with Gasteiger partial charge in [-0.15, -0.1) is 6.42 Å². The Morgan fingerprint density at radius 2 is 1.79 bits per heavy atom. The Balaban J connectivity index is 2.76. The summed E-state index contributed by atoms with van der Waals surface area (Å²) in [5.74, 6) is 0.987. The molecule has 0 saturated carbocycles. The first-order valence-corrected chi connectivity index (χ1v) is 8.78. The van der Waals surface area contributed by atoms with Crippen molar-refractivity contribution in [1.82, 2.24) is 9.62 Å². The number of esters is 1. The number of ether oxygens (including phenoxy) is 1. The van der Waals surface area contributed by atoms with E-state index in [9.17, 15) is 18.0 Å². The highest BCUT2D eigenvalue weighted by atomic mass is 32.2. The largest absolute Gasteiger partial charge is 0.452 e. The van der Waals surface area contributed by atoms with E-state index in [2.05, 4.69) is 11.2 Å². The van der Waals surface area contributed by atoms with E-state index >= 15 is 0 Å². The number of benzene rings is 1. The molecule has 0 aliphatic carbocycles. The summed E-state index contributed by atoms with van der Waals surface area (Å²) in [6.45, 7) is 3.80. The number of nitrogens with one attached hydrogen (secondary N) is 1. The normalized spacial score (nSPS) is 10.9. The molecule has 0 aliphatic heterocycles. The average molecular weight is 352 g/mol. The fourth-order valence-corrected chi connectivity index (χ4v) is 3.35. The van der Waals surface area contributed by atoms with E-state index in [0.717, 1.165) is 0 Å². The van der Waals surface area contributed by atoms with Crippen LogP contribution in [0.25, 0.3) is 0 Å². The molecule has 0 aliphatic rings. The van der Waals surface area contributed by atoms with Gasteiger partial charge in [-0.25, -0.2) is 13.2 Å². The maximum Gasteiger partial charge on any atom is 0.338 e. The van der Waals surface area contributed by atoms with Crippen LogP contribution in [0, 0.1) is 12.3 Å². The van der Waals surface area contributed by atoms with Crippen LogP contribution in [-0.2, 0) is 19.6 Å². The second-order valence-corrected chi connectivity index (χ2v) is 6.61. The SMILES string of the molecule is C#CCNC(=O)COC(=O)c1ccc(S(=O)(=O)N(CC)CC)cc1. The van der Waals surface area contributed by atoms with Gasteiger partial charge in [0.1, 0.15) is 0 Å². The fourth-order valence-electron chi connectivity index (χ4n) is 1.89. The summed E-state index contributed by atoms with van der Waals surface area (Å²) in [6.07, 6.45) is 4.99. The number of hydrogen-bond acceptors (Lipinski definition) is 5. The van der Waals surface area contributed by atoms with Gasteiger partial charge >= 0.3 is 5.97 Å². The number of terminal acetylenes is 1. The Morgan fingerprint density at radius 3 is 2.29 bits per heavy atom. The lowest BCUT2D eigenvalue weighted by Gasteiger charge is -2.18. The monoisotopic (exact) mass is 352 g/mol. The van der Waals surface area contributed by atoms with Gasteiger partial charge in [0.05, 0.1) is 17.0 Å². The number of sulfonamides is 1. The van der Waals surface area contributed by atoms with Crippen molar-refractivity contribution in [3.8, 4) is 12.3 Å². The molecule has 1 aromatic rings. The van der Waals surface area contributed by atoms with Gasteiger partial charge in [0.25, 0.3) is 5.91 Å². The summed E-state index contributed by atoms with van der Waals surface area (Å²) < 4.78 is 30.8. The molecule has 0 atom stereocenters. The van der Waals surface area contributed by atoms with Crippen molar-refractivity contribution in [3.05, 3.63) is 29.8 Å². The highest BCUT2D eigenvalue weighted by Crippen LogP contribution is 2.16. The van der Waals surface area contributed by atoms with Crippen LogP contribution in [0.5, 0.6) is 0 Å². The minimum atomic E-state index is -3.58. The van der Waals surface area contributed by atoms with E-state index in [0.29, 0.717) is 13.1 Å². The molecule has 0 spiro atoms. The third kappa shape index (κ3) is 5.08. The summed E-state index contributed by atoms with van der Waals surface area (Å²) in [5.41, 5.74) is 0.151. The lowest BCUT2D eigenvalue weighted by atomic mass is 10.2. The van der Waals surface area contributed by atoms with E-state index in [-0.39, 0.29) is 17.0 Å². The maximum atomic E-state index is 12.3. The van der Waals surface area contributed by atoms with Crippen molar-refractivity contribution < 1.29 is 22.7 Å². The van der Waals surface area contributed by atoms with E-state index < -0.39 is 28.5 Å². The van der Waals surface area contributed by atoms with Gasteiger partial charge in [-0.1, -0.05) is 19.8 Å². The van der Waals surface area contributed by atoms with Gasteiger partial charge in [-0.3, -0.25) is 4.79 Å². The third-order valence-corrected chi connectivity index (χ3v) is 5.22. The predicted molar refractivity (Wildman–Crippen MR) is 88.7 cm³/mol. The zero-order chi connectivity index (χ0) is 18.2. The molecule has 24 heavy (non-hydrogen) atoms. The second-order valence-electron chi connectivity index (χ2n) is 4.67. The highest BCUT2D eigenvalue weighted by Gasteiger charge is 2.21. The quantitative estimate of drug-likeness (QED) is 0.547. The molecule has 0 radical (unpaired) electrons. The molecule has 0 saturated heterocycles. The van der Waals surface area contributed by atoms with Crippen molar-refractivity contribution >= 4 is 21.9 Å². The van der Waals surface area contributed by atoms with Crippen molar-refractivity contribution in [2.75, 3.05) is 26.2 Å². The minimum absolute atomic E-state index is 0.0499. The van der Waals surface area contributed by atoms with Gasteiger partial charge in [0.2, 0.25) is 10.0 Å². The molecule has 1 N–H and O–H groups in total. The Kier molecular flexibility index (Phi) is 7.42. The van der Waals surface area contributed by atoms with Gasteiger partial charge in [0.15, 0.2) is 6.61 Å². The lowest BCUT2D eigenvalue weighted by molar-refractivity contribution is -0.123. The Morgan fingerprint density at radius 1 is 1.21 bits per heavy atom. The van der Waals surface area contributed by atoms with Crippen molar-refractivity contribution in [1.29, 1.82) is 0 Å². The molecule has 130 valence electrons. The first-order chi connectivity index (χ1) is 11.4. The van der Waals surface area contributed by atoms with Gasteiger partial charge in [-0.05, 0) is 24.3 Å². The third-order valence-electron chi connectivity index (χ3n) is 3.16. The first kappa shape index (κ1) is 19.7. The highest BCUT2D eigenvalue weighted by molar-refractivity contribution is 7.89. The molecule has 1 amide bonds. The van der Waals surface area contributed by atoms with E-state index in [1.54, 1.807) is 13.8 Å². The molecule has 1 aromatic carbocycles. The smallest absolute Gasteiger partial charge is 0.338 e. The lowest BCUT2D eigenvalue weighted by Crippen LogP contribution is -2.30. The van der Waals surface area contributed by atoms with Crippen LogP contribution >= 0.6 is 0 Å². The minimum Gasteiger partial charge on any atom is -0.452 e. The predicted octanol–water partition coefficient (Wildman–Crippen LogP) is 0.623. The first-order valence-electron chi connectivity index (χ1n) is 7.34. The second kappa shape index (κ2) is 9.05. The van der Waals surface area contributed by atoms with Crippen LogP contribution in [-0.4, -0.2) is 50.8 Å². The molecule has 7 nitrogen and oxygen atoms in total. The summed E-state index contributed by atoms with van der Waals surface area (Å²) in [6, 6.07) is 5.36. The summed E-state index contributed by atoms with van der Waals surface area (Å²) in [7, 11) is -3.58. The molecule has 0 fully saturated rings. The van der Waals surface area contributed by atoms with Crippen LogP contribution in [0.15, 0.2) is 29.2 Å². The number of amides is 1. The molecule has 1 rings (SSSR count). The molecular formula is C16H20N2O5S. The number of rotatable bonds is 8. The molecule has 0 aromatic heterocycles. The number of hydrogen-bond donors (Lipinski definition) is 1. The van der Waals surface area contributed by atoms with Crippen molar-refractivity contribution in [2.24, 2.45) is 0 Å². The van der Waals surface area contributed by atoms with Crippen LogP contribution in [0.1, 0.15) is 24.2 Å². The zero-order valence-electron chi connectivity index (χ0n) is 13.6. The Bertz CT molecular complexity index is 716. The van der Waals surface area contributed by atoms with E-state index in [1.807, 2.05) is 0 Å². The fraction of sp³-hybridized carbons (Fsp3) is 0.375. The van der Waals surface area contributed by atoms with Crippen molar-refractivity contribution in [2.45, 2.75) is 18.7 Å². The molecule has 0 bridgehead atoms.